The molecule has 10 heteroatoms. The van der Waals surface area contributed by atoms with Crippen LogP contribution in [0.5, 0.6) is 0 Å². The summed E-state index contributed by atoms with van der Waals surface area (Å²) in [5.41, 5.74) is 8.87. The van der Waals surface area contributed by atoms with Gasteiger partial charge in [-0.15, -0.1) is 0 Å². The predicted octanol–water partition coefficient (Wildman–Crippen LogP) is 2.96. The molecular formula is C9H5F3N6O. The van der Waals surface area contributed by atoms with Crippen LogP contribution in [0.15, 0.2) is 28.0 Å². The molecule has 0 spiro atoms. The monoisotopic (exact) mass is 270 g/mol. The summed E-state index contributed by atoms with van der Waals surface area (Å²) in [6.07, 6.45) is -3.41. The number of halogens is 3. The summed E-state index contributed by atoms with van der Waals surface area (Å²) >= 11 is 0. The van der Waals surface area contributed by atoms with Gasteiger partial charge in [-0.1, -0.05) is 10.3 Å². The molecule has 0 aliphatic heterocycles. The molecule has 2 aromatic heterocycles. The van der Waals surface area contributed by atoms with E-state index in [1.54, 1.807) is 0 Å². The fraction of sp³-hybridized carbons (Fsp3) is 0.222. The van der Waals surface area contributed by atoms with E-state index < -0.39 is 12.1 Å². The summed E-state index contributed by atoms with van der Waals surface area (Å²) < 4.78 is 40.9. The Balaban J connectivity index is 2.22. The van der Waals surface area contributed by atoms with Gasteiger partial charge in [0.05, 0.1) is 6.54 Å². The van der Waals surface area contributed by atoms with Gasteiger partial charge in [0.25, 0.3) is 0 Å². The highest BCUT2D eigenvalue weighted by atomic mass is 19.4. The largest absolute Gasteiger partial charge is 0.471 e. The molecule has 0 saturated carbocycles. The van der Waals surface area contributed by atoms with E-state index in [9.17, 15) is 13.2 Å². The zero-order valence-electron chi connectivity index (χ0n) is 9.16. The molecule has 7 nitrogen and oxygen atoms in total. The first-order valence-electron chi connectivity index (χ1n) is 4.88. The third kappa shape index (κ3) is 2.99. The highest BCUT2D eigenvalue weighted by Crippen LogP contribution is 2.29. The Labute approximate surface area is 103 Å². The second-order valence-electron chi connectivity index (χ2n) is 3.35. The number of aromatic nitrogens is 3. The van der Waals surface area contributed by atoms with E-state index in [2.05, 4.69) is 29.7 Å². The number of hydrogen-bond acceptors (Lipinski definition) is 5. The summed E-state index contributed by atoms with van der Waals surface area (Å²) in [6, 6.07) is 2.95. The van der Waals surface area contributed by atoms with Crippen molar-refractivity contribution in [2.75, 3.05) is 0 Å². The second kappa shape index (κ2) is 4.94. The maximum absolute atomic E-state index is 12.3. The van der Waals surface area contributed by atoms with E-state index in [-0.39, 0.29) is 17.9 Å². The Hall–Kier alpha value is -2.61. The highest BCUT2D eigenvalue weighted by molar-refractivity contribution is 5.52. The van der Waals surface area contributed by atoms with Crippen LogP contribution in [0.1, 0.15) is 11.6 Å². The molecule has 2 rings (SSSR count). The van der Waals surface area contributed by atoms with E-state index in [1.165, 1.54) is 18.3 Å². The maximum atomic E-state index is 12.3. The molecular weight excluding hydrogens is 265 g/mol. The van der Waals surface area contributed by atoms with Gasteiger partial charge in [-0.25, -0.2) is 0 Å². The van der Waals surface area contributed by atoms with Crippen molar-refractivity contribution in [3.63, 3.8) is 0 Å². The van der Waals surface area contributed by atoms with E-state index in [0.717, 1.165) is 0 Å². The predicted molar refractivity (Wildman–Crippen MR) is 55.4 cm³/mol. The lowest BCUT2D eigenvalue weighted by atomic mass is 10.2. The third-order valence-electron chi connectivity index (χ3n) is 2.05. The maximum Gasteiger partial charge on any atom is 0.471 e. The van der Waals surface area contributed by atoms with Crippen LogP contribution in [0.25, 0.3) is 21.8 Å². The standard InChI is InChI=1S/C9H5F3N6O/c10-9(11,12)8-16-7(17-19-8)5-1-2-6(14-3-5)4-15-18-13/h1-3H,4H2. The molecule has 2 aromatic rings. The average molecular weight is 270 g/mol. The minimum Gasteiger partial charge on any atom is -0.329 e. The lowest BCUT2D eigenvalue weighted by Gasteiger charge is -1.97. The molecule has 19 heavy (non-hydrogen) atoms. The van der Waals surface area contributed by atoms with E-state index in [0.29, 0.717) is 5.69 Å². The van der Waals surface area contributed by atoms with Crippen LogP contribution in [-0.4, -0.2) is 15.1 Å². The molecule has 0 radical (unpaired) electrons. The van der Waals surface area contributed by atoms with E-state index in [4.69, 9.17) is 5.53 Å². The number of alkyl halides is 3. The van der Waals surface area contributed by atoms with Crippen molar-refractivity contribution < 1.29 is 17.7 Å². The van der Waals surface area contributed by atoms with Gasteiger partial charge < -0.3 is 4.52 Å². The molecule has 0 atom stereocenters. The van der Waals surface area contributed by atoms with Gasteiger partial charge >= 0.3 is 12.1 Å². The van der Waals surface area contributed by atoms with Gasteiger partial charge in [-0.05, 0) is 17.7 Å². The number of pyridine rings is 1. The summed E-state index contributed by atoms with van der Waals surface area (Å²) in [5, 5.41) is 6.52. The zero-order valence-corrected chi connectivity index (χ0v) is 9.16. The normalized spacial score (nSPS) is 11.1. The molecule has 0 N–H and O–H groups in total. The molecule has 0 unspecified atom stereocenters. The van der Waals surface area contributed by atoms with E-state index >= 15 is 0 Å². The first kappa shape index (κ1) is 12.8. The van der Waals surface area contributed by atoms with Crippen LogP contribution in [-0.2, 0) is 12.7 Å². The second-order valence-corrected chi connectivity index (χ2v) is 3.35. The van der Waals surface area contributed by atoms with Crippen LogP contribution in [0.2, 0.25) is 0 Å². The smallest absolute Gasteiger partial charge is 0.329 e. The Kier molecular flexibility index (Phi) is 3.34. The van der Waals surface area contributed by atoms with Crippen molar-refractivity contribution in [1.82, 2.24) is 15.1 Å². The number of rotatable bonds is 3. The Morgan fingerprint density at radius 1 is 1.37 bits per heavy atom. The van der Waals surface area contributed by atoms with Crippen LogP contribution in [0.4, 0.5) is 13.2 Å². The van der Waals surface area contributed by atoms with Crippen molar-refractivity contribution in [2.45, 2.75) is 12.7 Å². The van der Waals surface area contributed by atoms with Gasteiger partial charge in [-0.3, -0.25) is 4.98 Å². The molecule has 0 fully saturated rings. The summed E-state index contributed by atoms with van der Waals surface area (Å²) in [7, 11) is 0. The van der Waals surface area contributed by atoms with Crippen LogP contribution in [0, 0.1) is 0 Å². The molecule has 0 aliphatic rings. The van der Waals surface area contributed by atoms with E-state index in [1.807, 2.05) is 0 Å². The van der Waals surface area contributed by atoms with Gasteiger partial charge in [0.15, 0.2) is 0 Å². The Bertz CT molecular complexity index is 614. The fourth-order valence-electron chi connectivity index (χ4n) is 1.21. The van der Waals surface area contributed by atoms with Crippen LogP contribution < -0.4 is 0 Å². The third-order valence-corrected chi connectivity index (χ3v) is 2.05. The van der Waals surface area contributed by atoms with Gasteiger partial charge in [0.2, 0.25) is 5.82 Å². The average Bonchev–Trinajstić information content (AvgIpc) is 2.86. The van der Waals surface area contributed by atoms with Gasteiger partial charge in [0.1, 0.15) is 0 Å². The summed E-state index contributed by atoms with van der Waals surface area (Å²) in [4.78, 5) is 9.68. The number of nitrogens with zero attached hydrogens (tertiary/aromatic N) is 6. The topological polar surface area (TPSA) is 101 Å². The molecule has 0 amide bonds. The lowest BCUT2D eigenvalue weighted by Crippen LogP contribution is -2.04. The Morgan fingerprint density at radius 3 is 2.68 bits per heavy atom. The molecule has 0 aliphatic carbocycles. The van der Waals surface area contributed by atoms with Gasteiger partial charge in [-0.2, -0.15) is 18.2 Å². The van der Waals surface area contributed by atoms with Crippen molar-refractivity contribution in [2.24, 2.45) is 5.11 Å². The van der Waals surface area contributed by atoms with Crippen LogP contribution >= 0.6 is 0 Å². The quantitative estimate of drug-likeness (QED) is 0.486. The number of hydrogen-bond donors (Lipinski definition) is 0. The minimum atomic E-state index is -4.68. The molecule has 2 heterocycles. The van der Waals surface area contributed by atoms with Gasteiger partial charge in [0, 0.05) is 22.4 Å². The lowest BCUT2D eigenvalue weighted by molar-refractivity contribution is -0.159. The fourth-order valence-corrected chi connectivity index (χ4v) is 1.21. The molecule has 0 bridgehead atoms. The molecule has 0 saturated heterocycles. The summed E-state index contributed by atoms with van der Waals surface area (Å²) in [6.45, 7) is 0.0524. The highest BCUT2D eigenvalue weighted by Gasteiger charge is 2.38. The van der Waals surface area contributed by atoms with Crippen LogP contribution in [0.3, 0.4) is 0 Å². The minimum absolute atomic E-state index is 0.0524. The number of azide groups is 1. The Morgan fingerprint density at radius 2 is 2.16 bits per heavy atom. The SMILES string of the molecule is [N-]=[N+]=NCc1ccc(-c2noc(C(F)(F)F)n2)cn1. The summed E-state index contributed by atoms with van der Waals surface area (Å²) in [5.74, 6) is -1.63. The molecule has 0 aromatic carbocycles. The first-order valence-corrected chi connectivity index (χ1v) is 4.88. The molecule has 98 valence electrons. The van der Waals surface area contributed by atoms with Crippen molar-refractivity contribution in [3.05, 3.63) is 40.4 Å². The van der Waals surface area contributed by atoms with Crippen molar-refractivity contribution in [1.29, 1.82) is 0 Å². The zero-order chi connectivity index (χ0) is 13.9. The van der Waals surface area contributed by atoms with Crippen molar-refractivity contribution in [3.8, 4) is 11.4 Å². The van der Waals surface area contributed by atoms with Crippen molar-refractivity contribution >= 4 is 0 Å². The first-order chi connectivity index (χ1) is 9.00.